The molecule has 0 aromatic carbocycles. The van der Waals surface area contributed by atoms with Gasteiger partial charge in [-0.2, -0.15) is 4.98 Å². The zero-order valence-electron chi connectivity index (χ0n) is 15.2. The number of rotatable bonds is 2. The van der Waals surface area contributed by atoms with Gasteiger partial charge in [0.25, 0.3) is 0 Å². The Balaban J connectivity index is 1.84. The molecule has 1 fully saturated rings. The number of amides is 1. The van der Waals surface area contributed by atoms with Crippen molar-refractivity contribution in [1.29, 1.82) is 0 Å². The third-order valence-electron chi connectivity index (χ3n) is 4.04. The molecular formula is C17H20Cl2FN5O2. The number of ether oxygens (including phenoxy) is 1. The third-order valence-corrected chi connectivity index (χ3v) is 4.47. The molecule has 0 saturated carbocycles. The van der Waals surface area contributed by atoms with Gasteiger partial charge in [0, 0.05) is 25.3 Å². The van der Waals surface area contributed by atoms with E-state index in [1.165, 1.54) is 6.20 Å². The molecule has 7 nitrogen and oxygen atoms in total. The van der Waals surface area contributed by atoms with Gasteiger partial charge in [0.1, 0.15) is 16.9 Å². The molecular weight excluding hydrogens is 396 g/mol. The van der Waals surface area contributed by atoms with Crippen LogP contribution in [0.4, 0.5) is 15.0 Å². The minimum absolute atomic E-state index is 0.0206. The molecule has 1 atom stereocenters. The highest BCUT2D eigenvalue weighted by Gasteiger charge is 2.27. The number of carbonyl (C=O) groups is 1. The van der Waals surface area contributed by atoms with Gasteiger partial charge in [0.2, 0.25) is 5.28 Å². The molecule has 1 N–H and O–H groups in total. The molecule has 2 aromatic rings. The third kappa shape index (κ3) is 4.68. The second-order valence-electron chi connectivity index (χ2n) is 7.37. The number of aromatic nitrogens is 3. The van der Waals surface area contributed by atoms with Crippen LogP contribution in [0.1, 0.15) is 33.6 Å². The SMILES string of the molecule is CC(C)(C)OC(=O)N[C@@H]1CCCN(c2nc(Cl)nc3c(F)c(Cl)ncc23)C1. The van der Waals surface area contributed by atoms with Gasteiger partial charge in [-0.25, -0.2) is 19.2 Å². The van der Waals surface area contributed by atoms with Gasteiger partial charge in [-0.3, -0.25) is 0 Å². The molecule has 1 aliphatic heterocycles. The number of anilines is 1. The summed E-state index contributed by atoms with van der Waals surface area (Å²) in [6.07, 6.45) is 2.56. The highest BCUT2D eigenvalue weighted by Crippen LogP contribution is 2.30. The Hall–Kier alpha value is -1.93. The van der Waals surface area contributed by atoms with Gasteiger partial charge >= 0.3 is 6.09 Å². The van der Waals surface area contributed by atoms with Crippen LogP contribution in [0.25, 0.3) is 10.9 Å². The number of nitrogens with zero attached hydrogens (tertiary/aromatic N) is 4. The average molecular weight is 416 g/mol. The van der Waals surface area contributed by atoms with Gasteiger partial charge in [0.15, 0.2) is 11.0 Å². The van der Waals surface area contributed by atoms with E-state index >= 15 is 0 Å². The van der Waals surface area contributed by atoms with Crippen molar-refractivity contribution >= 4 is 46.0 Å². The number of nitrogens with one attached hydrogen (secondary N) is 1. The van der Waals surface area contributed by atoms with Crippen molar-refractivity contribution in [3.05, 3.63) is 22.5 Å². The molecule has 0 radical (unpaired) electrons. The predicted octanol–water partition coefficient (Wildman–Crippen LogP) is 3.96. The lowest BCUT2D eigenvalue weighted by Gasteiger charge is -2.34. The molecule has 27 heavy (non-hydrogen) atoms. The van der Waals surface area contributed by atoms with Crippen molar-refractivity contribution in [2.45, 2.75) is 45.3 Å². The first-order chi connectivity index (χ1) is 12.6. The molecule has 3 rings (SSSR count). The van der Waals surface area contributed by atoms with Gasteiger partial charge in [-0.15, -0.1) is 0 Å². The quantitative estimate of drug-likeness (QED) is 0.590. The molecule has 3 heterocycles. The first-order valence-corrected chi connectivity index (χ1v) is 9.31. The number of hydrogen-bond donors (Lipinski definition) is 1. The van der Waals surface area contributed by atoms with E-state index in [1.54, 1.807) is 0 Å². The second kappa shape index (κ2) is 7.59. The molecule has 1 amide bonds. The van der Waals surface area contributed by atoms with Gasteiger partial charge in [-0.05, 0) is 45.2 Å². The number of halogens is 3. The van der Waals surface area contributed by atoms with Crippen molar-refractivity contribution in [3.63, 3.8) is 0 Å². The van der Waals surface area contributed by atoms with Crippen LogP contribution in [0.2, 0.25) is 10.4 Å². The lowest BCUT2D eigenvalue weighted by atomic mass is 10.1. The Bertz CT molecular complexity index is 875. The van der Waals surface area contributed by atoms with Gasteiger partial charge in [-0.1, -0.05) is 11.6 Å². The largest absolute Gasteiger partial charge is 0.444 e. The summed E-state index contributed by atoms with van der Waals surface area (Å²) in [7, 11) is 0. The average Bonchev–Trinajstić information content (AvgIpc) is 2.56. The van der Waals surface area contributed by atoms with Crippen LogP contribution in [0, 0.1) is 5.82 Å². The minimum Gasteiger partial charge on any atom is -0.444 e. The monoisotopic (exact) mass is 415 g/mol. The Morgan fingerprint density at radius 1 is 1.37 bits per heavy atom. The highest BCUT2D eigenvalue weighted by atomic mass is 35.5. The minimum atomic E-state index is -0.736. The zero-order chi connectivity index (χ0) is 19.8. The predicted molar refractivity (Wildman–Crippen MR) is 102 cm³/mol. The van der Waals surface area contributed by atoms with E-state index in [9.17, 15) is 9.18 Å². The standard InChI is InChI=1S/C17H20Cl2FN5O2/c1-17(2,3)27-16(26)22-9-5-4-6-25(8-9)14-10-7-21-13(18)11(20)12(10)23-15(19)24-14/h7,9H,4-6,8H2,1-3H3,(H,22,26)/t9-/m1/s1. The maximum Gasteiger partial charge on any atom is 0.407 e. The Morgan fingerprint density at radius 3 is 2.81 bits per heavy atom. The van der Waals surface area contributed by atoms with Gasteiger partial charge < -0.3 is 15.0 Å². The van der Waals surface area contributed by atoms with Gasteiger partial charge in [0.05, 0.1) is 5.39 Å². The van der Waals surface area contributed by atoms with Crippen LogP contribution in [-0.2, 0) is 4.74 Å². The van der Waals surface area contributed by atoms with E-state index in [-0.39, 0.29) is 22.0 Å². The number of fused-ring (bicyclic) bond motifs is 1. The zero-order valence-corrected chi connectivity index (χ0v) is 16.7. The summed E-state index contributed by atoms with van der Waals surface area (Å²) < 4.78 is 19.6. The van der Waals surface area contributed by atoms with E-state index < -0.39 is 17.5 Å². The number of hydrogen-bond acceptors (Lipinski definition) is 6. The van der Waals surface area contributed by atoms with Crippen molar-refractivity contribution < 1.29 is 13.9 Å². The molecule has 0 bridgehead atoms. The Labute approximate surface area is 166 Å². The van der Waals surface area contributed by atoms with Crippen molar-refractivity contribution in [3.8, 4) is 0 Å². The summed E-state index contributed by atoms with van der Waals surface area (Å²) in [5.74, 6) is -0.274. The lowest BCUT2D eigenvalue weighted by Crippen LogP contribution is -2.49. The number of piperidine rings is 1. The highest BCUT2D eigenvalue weighted by molar-refractivity contribution is 6.30. The molecule has 0 aliphatic carbocycles. The van der Waals surface area contributed by atoms with Crippen LogP contribution in [0.15, 0.2) is 6.20 Å². The summed E-state index contributed by atoms with van der Waals surface area (Å²) in [6.45, 7) is 6.58. The normalized spacial score (nSPS) is 17.9. The van der Waals surface area contributed by atoms with Crippen molar-refractivity contribution in [2.24, 2.45) is 0 Å². The molecule has 1 saturated heterocycles. The van der Waals surface area contributed by atoms with E-state index in [1.807, 2.05) is 25.7 Å². The first-order valence-electron chi connectivity index (χ1n) is 8.56. The van der Waals surface area contributed by atoms with Crippen LogP contribution in [-0.4, -0.2) is 45.8 Å². The second-order valence-corrected chi connectivity index (χ2v) is 8.07. The number of carbonyl (C=O) groups excluding carboxylic acids is 1. The summed E-state index contributed by atoms with van der Waals surface area (Å²) >= 11 is 11.7. The lowest BCUT2D eigenvalue weighted by molar-refractivity contribution is 0.0500. The molecule has 2 aromatic heterocycles. The Kier molecular flexibility index (Phi) is 5.58. The van der Waals surface area contributed by atoms with Crippen molar-refractivity contribution in [2.75, 3.05) is 18.0 Å². The van der Waals surface area contributed by atoms with Crippen LogP contribution < -0.4 is 10.2 Å². The smallest absolute Gasteiger partial charge is 0.407 e. The van der Waals surface area contributed by atoms with Crippen LogP contribution >= 0.6 is 23.2 Å². The van der Waals surface area contributed by atoms with Crippen LogP contribution in [0.3, 0.4) is 0 Å². The number of alkyl carbamates (subject to hydrolysis) is 1. The van der Waals surface area contributed by atoms with E-state index in [0.29, 0.717) is 24.3 Å². The van der Waals surface area contributed by atoms with Crippen LogP contribution in [0.5, 0.6) is 0 Å². The molecule has 0 spiro atoms. The fourth-order valence-electron chi connectivity index (χ4n) is 3.00. The van der Waals surface area contributed by atoms with E-state index in [0.717, 1.165) is 12.8 Å². The summed E-state index contributed by atoms with van der Waals surface area (Å²) in [4.78, 5) is 26.0. The first kappa shape index (κ1) is 19.8. The molecule has 0 unspecified atom stereocenters. The summed E-state index contributed by atoms with van der Waals surface area (Å²) in [5, 5.41) is 2.93. The van der Waals surface area contributed by atoms with Crippen molar-refractivity contribution in [1.82, 2.24) is 20.3 Å². The summed E-state index contributed by atoms with van der Waals surface area (Å²) in [6, 6.07) is -0.137. The molecule has 146 valence electrons. The topological polar surface area (TPSA) is 80.2 Å². The molecule has 1 aliphatic rings. The molecule has 10 heteroatoms. The fraction of sp³-hybridized carbons (Fsp3) is 0.529. The van der Waals surface area contributed by atoms with E-state index in [4.69, 9.17) is 27.9 Å². The Morgan fingerprint density at radius 2 is 2.11 bits per heavy atom. The fourth-order valence-corrected chi connectivity index (χ4v) is 3.30. The maximum absolute atomic E-state index is 14.3. The summed E-state index contributed by atoms with van der Waals surface area (Å²) in [5.41, 5.74) is -0.552. The number of pyridine rings is 1. The maximum atomic E-state index is 14.3. The van der Waals surface area contributed by atoms with E-state index in [2.05, 4.69) is 20.3 Å².